The zero-order chi connectivity index (χ0) is 24.7. The average molecular weight is 468 g/mol. The van der Waals surface area contributed by atoms with Gasteiger partial charge in [-0.2, -0.15) is 0 Å². The molecule has 1 atom stereocenters. The van der Waals surface area contributed by atoms with Gasteiger partial charge in [0.25, 0.3) is 0 Å². The van der Waals surface area contributed by atoms with Gasteiger partial charge in [-0.3, -0.25) is 9.59 Å². The minimum Gasteiger partial charge on any atom is -0.481 e. The topological polar surface area (TPSA) is 99.2 Å². The van der Waals surface area contributed by atoms with Crippen LogP contribution in [-0.4, -0.2) is 79.3 Å². The lowest BCUT2D eigenvalue weighted by atomic mass is 9.98. The first-order valence-corrected chi connectivity index (χ1v) is 11.6. The van der Waals surface area contributed by atoms with Crippen LogP contribution >= 0.6 is 0 Å². The van der Waals surface area contributed by atoms with E-state index in [-0.39, 0.29) is 31.3 Å². The third-order valence-electron chi connectivity index (χ3n) is 6.09. The number of likely N-dealkylation sites (N-methyl/N-ethyl adjacent to an activating group) is 2. The summed E-state index contributed by atoms with van der Waals surface area (Å²) >= 11 is 0. The molecule has 182 valence electrons. The lowest BCUT2D eigenvalue weighted by Gasteiger charge is -2.27. The fourth-order valence-corrected chi connectivity index (χ4v) is 4.27. The van der Waals surface area contributed by atoms with Gasteiger partial charge >= 0.3 is 12.1 Å². The number of fused-ring (bicyclic) bond motifs is 3. The van der Waals surface area contributed by atoms with Crippen LogP contribution in [0.15, 0.2) is 48.5 Å². The summed E-state index contributed by atoms with van der Waals surface area (Å²) in [6.45, 7) is 3.59. The van der Waals surface area contributed by atoms with E-state index in [1.165, 1.54) is 0 Å². The van der Waals surface area contributed by atoms with Crippen LogP contribution in [0.4, 0.5) is 4.79 Å². The maximum absolute atomic E-state index is 13.1. The molecule has 0 saturated heterocycles. The number of aliphatic carboxylic acids is 1. The van der Waals surface area contributed by atoms with Crippen LogP contribution in [-0.2, 0) is 14.3 Å². The summed E-state index contributed by atoms with van der Waals surface area (Å²) < 4.78 is 5.56. The number of rotatable bonds is 11. The van der Waals surface area contributed by atoms with Crippen molar-refractivity contribution < 1.29 is 24.2 Å². The van der Waals surface area contributed by atoms with Gasteiger partial charge in [-0.15, -0.1) is 0 Å². The SMILES string of the molecule is CCN(CCN(C)C)C(=O)C(CCC(=O)O)NC(=O)OCC1c2ccccc2-c2ccccc21. The van der Waals surface area contributed by atoms with Crippen molar-refractivity contribution in [1.82, 2.24) is 15.1 Å². The molecular weight excluding hydrogens is 434 g/mol. The number of hydrogen-bond acceptors (Lipinski definition) is 5. The molecule has 8 nitrogen and oxygen atoms in total. The summed E-state index contributed by atoms with van der Waals surface area (Å²) in [4.78, 5) is 40.5. The summed E-state index contributed by atoms with van der Waals surface area (Å²) in [6.07, 6.45) is -0.962. The van der Waals surface area contributed by atoms with Gasteiger partial charge in [0.2, 0.25) is 5.91 Å². The number of carbonyl (C=O) groups excluding carboxylic acids is 2. The summed E-state index contributed by atoms with van der Waals surface area (Å²) in [7, 11) is 3.82. The minimum atomic E-state index is -1.02. The zero-order valence-electron chi connectivity index (χ0n) is 20.0. The molecule has 8 heteroatoms. The molecule has 3 rings (SSSR count). The van der Waals surface area contributed by atoms with Gasteiger partial charge in [0.05, 0.1) is 0 Å². The predicted molar refractivity (Wildman–Crippen MR) is 130 cm³/mol. The Bertz CT molecular complexity index is 978. The van der Waals surface area contributed by atoms with Crippen molar-refractivity contribution in [3.05, 3.63) is 59.7 Å². The summed E-state index contributed by atoms with van der Waals surface area (Å²) in [5, 5.41) is 11.7. The van der Waals surface area contributed by atoms with E-state index in [4.69, 9.17) is 9.84 Å². The fourth-order valence-electron chi connectivity index (χ4n) is 4.27. The molecule has 0 radical (unpaired) electrons. The van der Waals surface area contributed by atoms with Crippen LogP contribution in [0, 0.1) is 0 Å². The number of benzene rings is 2. The second-order valence-electron chi connectivity index (χ2n) is 8.68. The number of alkyl carbamates (subject to hydrolysis) is 1. The third-order valence-corrected chi connectivity index (χ3v) is 6.09. The molecule has 0 fully saturated rings. The zero-order valence-corrected chi connectivity index (χ0v) is 20.0. The molecule has 0 aromatic heterocycles. The highest BCUT2D eigenvalue weighted by Crippen LogP contribution is 2.44. The predicted octanol–water partition coefficient (Wildman–Crippen LogP) is 3.17. The van der Waals surface area contributed by atoms with Gasteiger partial charge in [0.15, 0.2) is 0 Å². The molecule has 0 bridgehead atoms. The summed E-state index contributed by atoms with van der Waals surface area (Å²) in [5.74, 6) is -1.43. The van der Waals surface area contributed by atoms with Gasteiger partial charge in [0, 0.05) is 32.0 Å². The highest BCUT2D eigenvalue weighted by molar-refractivity contribution is 5.86. The van der Waals surface area contributed by atoms with Gasteiger partial charge in [-0.1, -0.05) is 48.5 Å². The molecule has 34 heavy (non-hydrogen) atoms. The highest BCUT2D eigenvalue weighted by Gasteiger charge is 2.30. The number of ether oxygens (including phenoxy) is 1. The number of amides is 2. The van der Waals surface area contributed by atoms with Crippen LogP contribution in [0.2, 0.25) is 0 Å². The Morgan fingerprint density at radius 1 is 1.00 bits per heavy atom. The monoisotopic (exact) mass is 467 g/mol. The minimum absolute atomic E-state index is 0.00315. The first-order valence-electron chi connectivity index (χ1n) is 11.6. The van der Waals surface area contributed by atoms with Gasteiger partial charge in [-0.25, -0.2) is 4.79 Å². The first-order chi connectivity index (χ1) is 16.3. The van der Waals surface area contributed by atoms with E-state index in [9.17, 15) is 14.4 Å². The van der Waals surface area contributed by atoms with Crippen LogP contribution in [0.1, 0.15) is 36.8 Å². The molecule has 2 N–H and O–H groups in total. The number of carboxylic acid groups (broad SMARTS) is 1. The fraction of sp³-hybridized carbons (Fsp3) is 0.423. The van der Waals surface area contributed by atoms with Crippen molar-refractivity contribution in [3.63, 3.8) is 0 Å². The largest absolute Gasteiger partial charge is 0.481 e. The molecule has 1 aliphatic carbocycles. The van der Waals surface area contributed by atoms with Crippen molar-refractivity contribution in [1.29, 1.82) is 0 Å². The Hall–Kier alpha value is -3.39. The van der Waals surface area contributed by atoms with Crippen LogP contribution in [0.5, 0.6) is 0 Å². The Kier molecular flexibility index (Phi) is 8.65. The second-order valence-corrected chi connectivity index (χ2v) is 8.68. The quantitative estimate of drug-likeness (QED) is 0.527. The molecule has 1 aliphatic rings. The van der Waals surface area contributed by atoms with Crippen molar-refractivity contribution in [2.45, 2.75) is 31.7 Å². The summed E-state index contributed by atoms with van der Waals surface area (Å²) in [6, 6.07) is 15.1. The van der Waals surface area contributed by atoms with E-state index in [0.29, 0.717) is 19.6 Å². The van der Waals surface area contributed by atoms with Crippen LogP contribution in [0.3, 0.4) is 0 Å². The van der Waals surface area contributed by atoms with E-state index < -0.39 is 18.1 Å². The summed E-state index contributed by atoms with van der Waals surface area (Å²) in [5.41, 5.74) is 4.44. The van der Waals surface area contributed by atoms with Gasteiger partial charge < -0.3 is 25.0 Å². The molecule has 2 amide bonds. The van der Waals surface area contributed by atoms with Gasteiger partial charge in [0.1, 0.15) is 12.6 Å². The second kappa shape index (κ2) is 11.7. The van der Waals surface area contributed by atoms with E-state index >= 15 is 0 Å². The Labute approximate surface area is 200 Å². The smallest absolute Gasteiger partial charge is 0.407 e. The standard InChI is InChI=1S/C26H33N3O5/c1-4-29(16-15-28(2)3)25(32)23(13-14-24(30)31)27-26(33)34-17-22-20-11-7-5-9-18(20)19-10-6-8-12-21(19)22/h5-12,22-23H,4,13-17H2,1-3H3,(H,27,33)(H,30,31). The Morgan fingerprint density at radius 3 is 2.12 bits per heavy atom. The lowest BCUT2D eigenvalue weighted by molar-refractivity contribution is -0.138. The van der Waals surface area contributed by atoms with Gasteiger partial charge in [-0.05, 0) is 49.7 Å². The Morgan fingerprint density at radius 2 is 1.59 bits per heavy atom. The number of carbonyl (C=O) groups is 3. The van der Waals surface area contributed by atoms with Crippen molar-refractivity contribution in [2.75, 3.05) is 40.3 Å². The normalized spacial score (nSPS) is 13.2. The van der Waals surface area contributed by atoms with Crippen molar-refractivity contribution in [3.8, 4) is 11.1 Å². The molecule has 0 spiro atoms. The molecule has 1 unspecified atom stereocenters. The van der Waals surface area contributed by atoms with Crippen molar-refractivity contribution >= 4 is 18.0 Å². The lowest BCUT2D eigenvalue weighted by Crippen LogP contribution is -2.50. The molecule has 0 heterocycles. The Balaban J connectivity index is 1.67. The highest BCUT2D eigenvalue weighted by atomic mass is 16.5. The van der Waals surface area contributed by atoms with Crippen LogP contribution in [0.25, 0.3) is 11.1 Å². The first kappa shape index (κ1) is 25.2. The molecule has 0 saturated carbocycles. The third kappa shape index (κ3) is 6.14. The molecule has 0 aliphatic heterocycles. The number of carboxylic acids is 1. The van der Waals surface area contributed by atoms with Crippen molar-refractivity contribution in [2.24, 2.45) is 0 Å². The average Bonchev–Trinajstić information content (AvgIpc) is 3.14. The van der Waals surface area contributed by atoms with E-state index in [1.807, 2.05) is 62.3 Å². The molecule has 2 aromatic rings. The number of hydrogen-bond donors (Lipinski definition) is 2. The number of nitrogens with zero attached hydrogens (tertiary/aromatic N) is 2. The van der Waals surface area contributed by atoms with E-state index in [1.54, 1.807) is 4.90 Å². The van der Waals surface area contributed by atoms with E-state index in [2.05, 4.69) is 17.4 Å². The molecular formula is C26H33N3O5. The van der Waals surface area contributed by atoms with E-state index in [0.717, 1.165) is 22.3 Å². The molecule has 2 aromatic carbocycles. The number of nitrogens with one attached hydrogen (secondary N) is 1. The maximum Gasteiger partial charge on any atom is 0.407 e. The van der Waals surface area contributed by atoms with Crippen LogP contribution < -0.4 is 5.32 Å². The maximum atomic E-state index is 13.1.